The molecule has 3 rings (SSSR count). The van der Waals surface area contributed by atoms with Crippen molar-refractivity contribution in [3.63, 3.8) is 0 Å². The fourth-order valence-corrected chi connectivity index (χ4v) is 4.01. The molecule has 3 aromatic rings. The molecule has 1 amide bonds. The van der Waals surface area contributed by atoms with E-state index < -0.39 is 10.0 Å². The predicted molar refractivity (Wildman–Crippen MR) is 118 cm³/mol. The molecule has 6 nitrogen and oxygen atoms in total. The summed E-state index contributed by atoms with van der Waals surface area (Å²) in [6.07, 6.45) is 0. The summed E-state index contributed by atoms with van der Waals surface area (Å²) in [6.45, 7) is 0.473. The van der Waals surface area contributed by atoms with Crippen molar-refractivity contribution in [2.24, 2.45) is 0 Å². The largest absolute Gasteiger partial charge is 0.492 e. The molecule has 0 saturated carbocycles. The van der Waals surface area contributed by atoms with E-state index in [1.807, 2.05) is 0 Å². The minimum Gasteiger partial charge on any atom is -0.492 e. The third-order valence-electron chi connectivity index (χ3n) is 4.44. The molecular weight excluding hydrogens is 443 g/mol. The number of nitrogens with zero attached hydrogens (tertiary/aromatic N) is 1. The second-order valence-corrected chi connectivity index (χ2v) is 8.94. The number of benzene rings is 3. The Bertz CT molecular complexity index is 1140. The van der Waals surface area contributed by atoms with E-state index in [1.165, 1.54) is 55.6 Å². The van der Waals surface area contributed by atoms with Crippen LogP contribution in [-0.4, -0.2) is 34.5 Å². The first-order valence-corrected chi connectivity index (χ1v) is 11.1. The van der Waals surface area contributed by atoms with Gasteiger partial charge in [-0.1, -0.05) is 11.6 Å². The molecule has 0 saturated heterocycles. The van der Waals surface area contributed by atoms with E-state index in [0.717, 1.165) is 4.31 Å². The van der Waals surface area contributed by atoms with Crippen LogP contribution >= 0.6 is 11.6 Å². The Hall–Kier alpha value is -3.10. The van der Waals surface area contributed by atoms with E-state index in [0.29, 0.717) is 22.0 Å². The highest BCUT2D eigenvalue weighted by molar-refractivity contribution is 7.92. The summed E-state index contributed by atoms with van der Waals surface area (Å²) in [5.74, 6) is -0.168. The van der Waals surface area contributed by atoms with Crippen molar-refractivity contribution >= 4 is 33.2 Å². The number of amides is 1. The molecule has 1 N–H and O–H groups in total. The summed E-state index contributed by atoms with van der Waals surface area (Å²) in [7, 11) is -2.32. The van der Waals surface area contributed by atoms with Gasteiger partial charge in [0.25, 0.3) is 15.9 Å². The maximum atomic E-state index is 12.9. The van der Waals surface area contributed by atoms with Crippen LogP contribution in [-0.2, 0) is 10.0 Å². The molecule has 0 bridgehead atoms. The average molecular weight is 463 g/mol. The molecule has 162 valence electrons. The van der Waals surface area contributed by atoms with Gasteiger partial charge in [-0.05, 0) is 72.8 Å². The molecule has 0 aromatic heterocycles. The Labute approximate surface area is 185 Å². The van der Waals surface area contributed by atoms with Crippen molar-refractivity contribution in [2.75, 3.05) is 24.5 Å². The van der Waals surface area contributed by atoms with Gasteiger partial charge in [0.2, 0.25) is 0 Å². The Morgan fingerprint density at radius 2 is 1.61 bits per heavy atom. The van der Waals surface area contributed by atoms with E-state index in [9.17, 15) is 17.6 Å². The first-order valence-electron chi connectivity index (χ1n) is 9.28. The van der Waals surface area contributed by atoms with E-state index >= 15 is 0 Å². The maximum absolute atomic E-state index is 12.9. The number of nitrogens with one attached hydrogen (secondary N) is 1. The predicted octanol–water partition coefficient (Wildman–Crippen LogP) is 4.11. The van der Waals surface area contributed by atoms with E-state index in [1.54, 1.807) is 24.3 Å². The molecule has 3 aromatic carbocycles. The number of ether oxygens (including phenoxy) is 1. The van der Waals surface area contributed by atoms with Gasteiger partial charge in [0.1, 0.15) is 18.2 Å². The van der Waals surface area contributed by atoms with Crippen molar-refractivity contribution < 1.29 is 22.3 Å². The molecule has 0 spiro atoms. The molecule has 0 radical (unpaired) electrons. The van der Waals surface area contributed by atoms with Gasteiger partial charge in [0.05, 0.1) is 17.1 Å². The zero-order valence-electron chi connectivity index (χ0n) is 16.6. The monoisotopic (exact) mass is 462 g/mol. The van der Waals surface area contributed by atoms with E-state index in [4.69, 9.17) is 16.3 Å². The summed E-state index contributed by atoms with van der Waals surface area (Å²) in [6, 6.07) is 17.7. The molecule has 0 heterocycles. The Morgan fingerprint density at radius 1 is 1.00 bits per heavy atom. The van der Waals surface area contributed by atoms with Gasteiger partial charge < -0.3 is 10.1 Å². The lowest BCUT2D eigenvalue weighted by atomic mass is 10.2. The Kier molecular flexibility index (Phi) is 7.14. The molecule has 0 unspecified atom stereocenters. The standard InChI is InChI=1S/C22H20ClFN2O4S/c1-26(31(28,29)21-12-4-17(23)5-13-21)19-8-2-16(3-9-19)22(27)25-14-15-30-20-10-6-18(24)7-11-20/h2-13H,14-15H2,1H3,(H,25,27). The van der Waals surface area contributed by atoms with Gasteiger partial charge in [0.15, 0.2) is 0 Å². The summed E-state index contributed by atoms with van der Waals surface area (Å²) in [4.78, 5) is 12.4. The fourth-order valence-electron chi connectivity index (χ4n) is 2.69. The smallest absolute Gasteiger partial charge is 0.264 e. The number of halogens is 2. The fraction of sp³-hybridized carbons (Fsp3) is 0.136. The SMILES string of the molecule is CN(c1ccc(C(=O)NCCOc2ccc(F)cc2)cc1)S(=O)(=O)c1ccc(Cl)cc1. The molecule has 0 aliphatic heterocycles. The zero-order chi connectivity index (χ0) is 22.4. The Morgan fingerprint density at radius 3 is 2.23 bits per heavy atom. The number of carbonyl (C=O) groups is 1. The van der Waals surface area contributed by atoms with E-state index in [-0.39, 0.29) is 29.8 Å². The quantitative estimate of drug-likeness (QED) is 0.511. The number of rotatable bonds is 8. The van der Waals surface area contributed by atoms with Crippen LogP contribution in [0.15, 0.2) is 77.7 Å². The first-order chi connectivity index (χ1) is 14.8. The summed E-state index contributed by atoms with van der Waals surface area (Å²) >= 11 is 5.82. The number of anilines is 1. The number of sulfonamides is 1. The second kappa shape index (κ2) is 9.80. The van der Waals surface area contributed by atoms with Crippen LogP contribution in [0, 0.1) is 5.82 Å². The molecule has 9 heteroatoms. The number of carbonyl (C=O) groups excluding carboxylic acids is 1. The minimum absolute atomic E-state index is 0.113. The van der Waals surface area contributed by atoms with Crippen LogP contribution < -0.4 is 14.4 Å². The van der Waals surface area contributed by atoms with Gasteiger partial charge in [-0.2, -0.15) is 0 Å². The lowest BCUT2D eigenvalue weighted by molar-refractivity contribution is 0.0947. The highest BCUT2D eigenvalue weighted by Gasteiger charge is 2.21. The van der Waals surface area contributed by atoms with Gasteiger partial charge in [-0.3, -0.25) is 9.10 Å². The normalized spacial score (nSPS) is 11.1. The highest BCUT2D eigenvalue weighted by atomic mass is 35.5. The molecule has 31 heavy (non-hydrogen) atoms. The van der Waals surface area contributed by atoms with Crippen LogP contribution in [0.4, 0.5) is 10.1 Å². The molecule has 0 aliphatic carbocycles. The third kappa shape index (κ3) is 5.74. The van der Waals surface area contributed by atoms with Gasteiger partial charge >= 0.3 is 0 Å². The topological polar surface area (TPSA) is 75.7 Å². The highest BCUT2D eigenvalue weighted by Crippen LogP contribution is 2.23. The minimum atomic E-state index is -3.75. The van der Waals surface area contributed by atoms with Crippen LogP contribution in [0.3, 0.4) is 0 Å². The zero-order valence-corrected chi connectivity index (χ0v) is 18.2. The molecular formula is C22H20ClFN2O4S. The van der Waals surface area contributed by atoms with Crippen molar-refractivity contribution in [1.29, 1.82) is 0 Å². The third-order valence-corrected chi connectivity index (χ3v) is 6.49. The van der Waals surface area contributed by atoms with Gasteiger partial charge in [0, 0.05) is 17.6 Å². The summed E-state index contributed by atoms with van der Waals surface area (Å²) in [5, 5.41) is 3.15. The van der Waals surface area contributed by atoms with Crippen molar-refractivity contribution in [3.8, 4) is 5.75 Å². The number of hydrogen-bond acceptors (Lipinski definition) is 4. The Balaban J connectivity index is 1.56. The molecule has 0 atom stereocenters. The van der Waals surface area contributed by atoms with Crippen LogP contribution in [0.1, 0.15) is 10.4 Å². The lowest BCUT2D eigenvalue weighted by Gasteiger charge is -2.19. The van der Waals surface area contributed by atoms with Crippen LogP contribution in [0.5, 0.6) is 5.75 Å². The summed E-state index contributed by atoms with van der Waals surface area (Å²) in [5.41, 5.74) is 0.786. The molecule has 0 fully saturated rings. The van der Waals surface area contributed by atoms with E-state index in [2.05, 4.69) is 5.32 Å². The van der Waals surface area contributed by atoms with Crippen molar-refractivity contribution in [2.45, 2.75) is 4.90 Å². The molecule has 0 aliphatic rings. The maximum Gasteiger partial charge on any atom is 0.264 e. The average Bonchev–Trinajstić information content (AvgIpc) is 2.77. The van der Waals surface area contributed by atoms with Crippen molar-refractivity contribution in [3.05, 3.63) is 89.2 Å². The van der Waals surface area contributed by atoms with Crippen LogP contribution in [0.25, 0.3) is 0 Å². The van der Waals surface area contributed by atoms with Crippen molar-refractivity contribution in [1.82, 2.24) is 5.32 Å². The van der Waals surface area contributed by atoms with Crippen LogP contribution in [0.2, 0.25) is 5.02 Å². The number of hydrogen-bond donors (Lipinski definition) is 1. The van der Waals surface area contributed by atoms with Gasteiger partial charge in [-0.15, -0.1) is 0 Å². The lowest BCUT2D eigenvalue weighted by Crippen LogP contribution is -2.28. The van der Waals surface area contributed by atoms with Gasteiger partial charge in [-0.25, -0.2) is 12.8 Å². The first kappa shape index (κ1) is 22.6. The second-order valence-electron chi connectivity index (χ2n) is 6.53. The summed E-state index contributed by atoms with van der Waals surface area (Å²) < 4.78 is 44.9.